The molecule has 0 bridgehead atoms. The van der Waals surface area contributed by atoms with Crippen molar-refractivity contribution < 1.29 is 4.74 Å². The van der Waals surface area contributed by atoms with E-state index in [4.69, 9.17) is 15.7 Å². The first-order chi connectivity index (χ1) is 7.74. The Morgan fingerprint density at radius 2 is 2.31 bits per heavy atom. The van der Waals surface area contributed by atoms with Crippen LogP contribution < -0.4 is 10.5 Å². The molecule has 0 atom stereocenters. The molecule has 0 aliphatic rings. The minimum Gasteiger partial charge on any atom is -0.497 e. The van der Waals surface area contributed by atoms with Gasteiger partial charge in [0.2, 0.25) is 0 Å². The lowest BCUT2D eigenvalue weighted by Crippen LogP contribution is -1.98. The second-order valence-electron chi connectivity index (χ2n) is 3.21. The molecule has 5 nitrogen and oxygen atoms in total. The minimum atomic E-state index is 0.518. The lowest BCUT2D eigenvalue weighted by molar-refractivity contribution is 0.414. The highest BCUT2D eigenvalue weighted by molar-refractivity contribution is 5.53. The summed E-state index contributed by atoms with van der Waals surface area (Å²) in [6, 6.07) is 7.26. The average molecular weight is 214 g/mol. The first-order valence-electron chi connectivity index (χ1n) is 4.63. The Balaban J connectivity index is 2.58. The fourth-order valence-electron chi connectivity index (χ4n) is 1.39. The number of nitrogen functional groups attached to an aromatic ring is 1. The number of aromatic nitrogens is 2. The third-order valence-electron chi connectivity index (χ3n) is 2.17. The van der Waals surface area contributed by atoms with Gasteiger partial charge in [-0.3, -0.25) is 0 Å². The molecule has 1 aromatic carbocycles. The molecule has 0 aliphatic carbocycles. The van der Waals surface area contributed by atoms with Gasteiger partial charge in [-0.1, -0.05) is 0 Å². The molecule has 1 heterocycles. The van der Waals surface area contributed by atoms with Crippen molar-refractivity contribution in [3.8, 4) is 17.5 Å². The van der Waals surface area contributed by atoms with Gasteiger partial charge in [-0.2, -0.15) is 10.4 Å². The highest BCUT2D eigenvalue weighted by atomic mass is 16.5. The van der Waals surface area contributed by atoms with E-state index in [1.54, 1.807) is 36.2 Å². The predicted molar refractivity (Wildman–Crippen MR) is 59.2 cm³/mol. The smallest absolute Gasteiger partial charge is 0.121 e. The fraction of sp³-hybridized carbons (Fsp3) is 0.0909. The Morgan fingerprint density at radius 3 is 2.88 bits per heavy atom. The Kier molecular flexibility index (Phi) is 2.48. The van der Waals surface area contributed by atoms with Gasteiger partial charge in [0.1, 0.15) is 11.8 Å². The van der Waals surface area contributed by atoms with Crippen LogP contribution >= 0.6 is 0 Å². The molecule has 16 heavy (non-hydrogen) atoms. The summed E-state index contributed by atoms with van der Waals surface area (Å²) < 4.78 is 6.65. The van der Waals surface area contributed by atoms with Crippen LogP contribution in [0, 0.1) is 11.3 Å². The van der Waals surface area contributed by atoms with E-state index in [0.29, 0.717) is 22.7 Å². The van der Waals surface area contributed by atoms with Crippen molar-refractivity contribution in [2.75, 3.05) is 12.8 Å². The zero-order valence-corrected chi connectivity index (χ0v) is 8.71. The standard InChI is InChI=1S/C11H10N4O/c1-16-10-3-2-8(5-12)11(4-10)15-7-9(13)6-14-15/h2-4,6-7H,13H2,1H3. The van der Waals surface area contributed by atoms with Crippen LogP contribution in [0.5, 0.6) is 5.75 Å². The van der Waals surface area contributed by atoms with Gasteiger partial charge in [-0.15, -0.1) is 0 Å². The number of nitrogens with two attached hydrogens (primary N) is 1. The van der Waals surface area contributed by atoms with Crippen LogP contribution in [0.2, 0.25) is 0 Å². The van der Waals surface area contributed by atoms with E-state index in [2.05, 4.69) is 11.2 Å². The van der Waals surface area contributed by atoms with Crippen molar-refractivity contribution in [1.82, 2.24) is 9.78 Å². The van der Waals surface area contributed by atoms with Gasteiger partial charge in [-0.05, 0) is 12.1 Å². The summed E-state index contributed by atoms with van der Waals surface area (Å²) in [5.41, 5.74) is 7.30. The molecule has 0 radical (unpaired) electrons. The Bertz CT molecular complexity index is 553. The normalized spacial score (nSPS) is 9.75. The maximum atomic E-state index is 8.99. The topological polar surface area (TPSA) is 76.9 Å². The summed E-state index contributed by atoms with van der Waals surface area (Å²) in [7, 11) is 1.57. The molecule has 2 aromatic rings. The number of methoxy groups -OCH3 is 1. The van der Waals surface area contributed by atoms with Crippen molar-refractivity contribution >= 4 is 5.69 Å². The molecule has 2 rings (SSSR count). The maximum Gasteiger partial charge on any atom is 0.121 e. The van der Waals surface area contributed by atoms with Gasteiger partial charge in [0, 0.05) is 6.07 Å². The molecule has 0 fully saturated rings. The number of ether oxygens (including phenoxy) is 1. The Morgan fingerprint density at radius 1 is 1.50 bits per heavy atom. The van der Waals surface area contributed by atoms with Gasteiger partial charge < -0.3 is 10.5 Å². The number of rotatable bonds is 2. The SMILES string of the molecule is COc1ccc(C#N)c(-n2cc(N)cn2)c1. The van der Waals surface area contributed by atoms with E-state index >= 15 is 0 Å². The zero-order valence-electron chi connectivity index (χ0n) is 8.71. The van der Waals surface area contributed by atoms with Gasteiger partial charge in [-0.25, -0.2) is 4.68 Å². The van der Waals surface area contributed by atoms with Crippen molar-refractivity contribution in [2.24, 2.45) is 0 Å². The van der Waals surface area contributed by atoms with E-state index in [-0.39, 0.29) is 0 Å². The Hall–Kier alpha value is -2.48. The number of nitriles is 1. The Labute approximate surface area is 92.7 Å². The molecule has 0 saturated heterocycles. The molecule has 0 aliphatic heterocycles. The molecule has 1 aromatic heterocycles. The van der Waals surface area contributed by atoms with E-state index < -0.39 is 0 Å². The summed E-state index contributed by atoms with van der Waals surface area (Å²) in [5.74, 6) is 0.670. The lowest BCUT2D eigenvalue weighted by Gasteiger charge is -2.06. The fourth-order valence-corrected chi connectivity index (χ4v) is 1.39. The highest BCUT2D eigenvalue weighted by Crippen LogP contribution is 2.21. The number of hydrogen-bond donors (Lipinski definition) is 1. The number of anilines is 1. The summed E-state index contributed by atoms with van der Waals surface area (Å²) in [6.07, 6.45) is 3.18. The molecule has 2 N–H and O–H groups in total. The molecule has 0 unspecified atom stereocenters. The van der Waals surface area contributed by atoms with Crippen molar-refractivity contribution in [3.63, 3.8) is 0 Å². The van der Waals surface area contributed by atoms with Crippen LogP contribution in [0.15, 0.2) is 30.6 Å². The van der Waals surface area contributed by atoms with E-state index in [1.807, 2.05) is 0 Å². The van der Waals surface area contributed by atoms with Crippen LogP contribution in [0.4, 0.5) is 5.69 Å². The van der Waals surface area contributed by atoms with Crippen LogP contribution in [0.1, 0.15) is 5.56 Å². The monoisotopic (exact) mass is 214 g/mol. The molecular weight excluding hydrogens is 204 g/mol. The number of hydrogen-bond acceptors (Lipinski definition) is 4. The molecule has 0 amide bonds. The van der Waals surface area contributed by atoms with Crippen molar-refractivity contribution in [2.45, 2.75) is 0 Å². The van der Waals surface area contributed by atoms with Crippen molar-refractivity contribution in [3.05, 3.63) is 36.2 Å². The third-order valence-corrected chi connectivity index (χ3v) is 2.17. The number of nitrogens with zero attached hydrogens (tertiary/aromatic N) is 3. The van der Waals surface area contributed by atoms with E-state index in [1.165, 1.54) is 6.20 Å². The maximum absolute atomic E-state index is 8.99. The second-order valence-corrected chi connectivity index (χ2v) is 3.21. The van der Waals surface area contributed by atoms with E-state index in [9.17, 15) is 0 Å². The predicted octanol–water partition coefficient (Wildman–Crippen LogP) is 1.33. The second kappa shape index (κ2) is 3.95. The van der Waals surface area contributed by atoms with Crippen LogP contribution in [0.25, 0.3) is 5.69 Å². The summed E-state index contributed by atoms with van der Waals surface area (Å²) in [5, 5.41) is 13.0. The highest BCUT2D eigenvalue weighted by Gasteiger charge is 2.07. The summed E-state index contributed by atoms with van der Waals surface area (Å²) >= 11 is 0. The molecule has 5 heteroatoms. The largest absolute Gasteiger partial charge is 0.497 e. The van der Waals surface area contributed by atoms with Crippen LogP contribution in [-0.4, -0.2) is 16.9 Å². The van der Waals surface area contributed by atoms with Gasteiger partial charge >= 0.3 is 0 Å². The van der Waals surface area contributed by atoms with Gasteiger partial charge in [0.05, 0.1) is 36.4 Å². The molecule has 80 valence electrons. The van der Waals surface area contributed by atoms with Crippen LogP contribution in [-0.2, 0) is 0 Å². The van der Waals surface area contributed by atoms with Crippen molar-refractivity contribution in [1.29, 1.82) is 5.26 Å². The quantitative estimate of drug-likeness (QED) is 0.818. The molecule has 0 saturated carbocycles. The third kappa shape index (κ3) is 1.68. The summed E-state index contributed by atoms with van der Waals surface area (Å²) in [6.45, 7) is 0. The number of benzene rings is 1. The lowest BCUT2D eigenvalue weighted by atomic mass is 10.2. The minimum absolute atomic E-state index is 0.518. The molecular formula is C11H10N4O. The van der Waals surface area contributed by atoms with E-state index in [0.717, 1.165) is 0 Å². The first kappa shape index (κ1) is 10.1. The summed E-state index contributed by atoms with van der Waals surface area (Å²) in [4.78, 5) is 0. The van der Waals surface area contributed by atoms with Gasteiger partial charge in [0.15, 0.2) is 0 Å². The van der Waals surface area contributed by atoms with Gasteiger partial charge in [0.25, 0.3) is 0 Å². The zero-order chi connectivity index (χ0) is 11.5. The first-order valence-corrected chi connectivity index (χ1v) is 4.63. The van der Waals surface area contributed by atoms with Crippen LogP contribution in [0.3, 0.4) is 0 Å². The average Bonchev–Trinajstić information content (AvgIpc) is 2.75. The molecule has 0 spiro atoms.